The molecule has 1 aromatic carbocycles. The van der Waals surface area contributed by atoms with Gasteiger partial charge < -0.3 is 9.47 Å². The second kappa shape index (κ2) is 2.29. The van der Waals surface area contributed by atoms with Gasteiger partial charge >= 0.3 is 0 Å². The van der Waals surface area contributed by atoms with Crippen molar-refractivity contribution in [1.82, 2.24) is 0 Å². The van der Waals surface area contributed by atoms with Crippen LogP contribution in [0.4, 0.5) is 0 Å². The summed E-state index contributed by atoms with van der Waals surface area (Å²) in [5.41, 5.74) is -0.233. The van der Waals surface area contributed by atoms with E-state index in [1.54, 1.807) is 0 Å². The van der Waals surface area contributed by atoms with Gasteiger partial charge in [-0.1, -0.05) is 0 Å². The number of hydrogen-bond acceptors (Lipinski definition) is 3. The first-order valence-electron chi connectivity index (χ1n) is 4.68. The largest absolute Gasteiger partial charge is 0.479 e. The molecule has 0 unspecified atom stereocenters. The van der Waals surface area contributed by atoms with Gasteiger partial charge in [-0.2, -0.15) is 0 Å². The molecule has 0 radical (unpaired) electrons. The van der Waals surface area contributed by atoms with Crippen LogP contribution < -0.4 is 20.0 Å². The minimum atomic E-state index is -0.233. The fourth-order valence-corrected chi connectivity index (χ4v) is 1.88. The lowest BCUT2D eigenvalue weighted by Crippen LogP contribution is -2.20. The number of nitrogens with zero attached hydrogens (tertiary/aromatic N) is 1. The van der Waals surface area contributed by atoms with Gasteiger partial charge in [0.2, 0.25) is 0 Å². The van der Waals surface area contributed by atoms with Gasteiger partial charge in [0.05, 0.1) is 0 Å². The van der Waals surface area contributed by atoms with E-state index in [2.05, 4.69) is 11.1 Å². The molecule has 72 valence electrons. The highest BCUT2D eigenvalue weighted by atomic mass is 16.5. The molecule has 0 fully saturated rings. The van der Waals surface area contributed by atoms with E-state index in [0.29, 0.717) is 6.73 Å². The smallest absolute Gasteiger partial charge is 0.189 e. The van der Waals surface area contributed by atoms with E-state index in [1.807, 2.05) is 26.0 Å². The molecule has 0 aromatic heterocycles. The van der Waals surface area contributed by atoms with E-state index in [1.165, 1.54) is 0 Å². The van der Waals surface area contributed by atoms with Gasteiger partial charge in [0.15, 0.2) is 18.2 Å². The Kier molecular flexibility index (Phi) is 1.29. The fourth-order valence-electron chi connectivity index (χ4n) is 1.88. The van der Waals surface area contributed by atoms with E-state index in [9.17, 15) is 0 Å². The summed E-state index contributed by atoms with van der Waals surface area (Å²) in [5, 5.41) is 2.00. The first-order valence-corrected chi connectivity index (χ1v) is 4.68. The normalized spacial score (nSPS) is 19.9. The van der Waals surface area contributed by atoms with Crippen LogP contribution in [0.5, 0.6) is 11.5 Å². The highest BCUT2D eigenvalue weighted by Gasteiger charge is 2.27. The molecule has 0 spiro atoms. The van der Waals surface area contributed by atoms with Crippen LogP contribution in [-0.2, 0) is 0 Å². The van der Waals surface area contributed by atoms with Crippen LogP contribution in [0.1, 0.15) is 13.8 Å². The first-order chi connectivity index (χ1) is 6.66. The van der Waals surface area contributed by atoms with Crippen molar-refractivity contribution in [1.29, 1.82) is 0 Å². The average molecular weight is 189 g/mol. The van der Waals surface area contributed by atoms with Crippen molar-refractivity contribution in [2.45, 2.75) is 19.4 Å². The quantitative estimate of drug-likeness (QED) is 0.598. The minimum absolute atomic E-state index is 0.233. The standard InChI is InChI=1S/C11H11NO2/c1-11(2)5-7-3-4-8-10(9(7)14-11)13-6-12-8/h3-5H,6H2,1-2H3. The van der Waals surface area contributed by atoms with E-state index in [4.69, 9.17) is 9.47 Å². The second-order valence-electron chi connectivity index (χ2n) is 4.11. The maximum atomic E-state index is 5.80. The zero-order valence-corrected chi connectivity index (χ0v) is 8.20. The molecule has 0 aliphatic carbocycles. The van der Waals surface area contributed by atoms with Gasteiger partial charge in [-0.15, -0.1) is 0 Å². The molecule has 14 heavy (non-hydrogen) atoms. The summed E-state index contributed by atoms with van der Waals surface area (Å²) in [6.45, 7) is 4.48. The zero-order valence-electron chi connectivity index (χ0n) is 8.20. The van der Waals surface area contributed by atoms with Crippen LogP contribution in [0.25, 0.3) is 6.08 Å². The average Bonchev–Trinajstić information content (AvgIpc) is 2.64. The molecule has 2 aliphatic rings. The number of hydrogen-bond donors (Lipinski definition) is 0. The number of fused-ring (bicyclic) bond motifs is 3. The molecular weight excluding hydrogens is 178 g/mol. The topological polar surface area (TPSA) is 30.8 Å². The number of rotatable bonds is 0. The minimum Gasteiger partial charge on any atom is -0.479 e. The summed E-state index contributed by atoms with van der Waals surface area (Å²) < 4.78 is 11.2. The Morgan fingerprint density at radius 3 is 3.00 bits per heavy atom. The highest BCUT2D eigenvalue weighted by Crippen LogP contribution is 2.29. The Bertz CT molecular complexity index is 517. The molecule has 0 bridgehead atoms. The third-order valence-corrected chi connectivity index (χ3v) is 2.43. The summed E-state index contributed by atoms with van der Waals surface area (Å²) >= 11 is 0. The Labute approximate surface area is 81.7 Å². The lowest BCUT2D eigenvalue weighted by atomic mass is 10.1. The van der Waals surface area contributed by atoms with Crippen molar-refractivity contribution in [2.24, 2.45) is 4.99 Å². The Hall–Kier alpha value is -1.51. The summed E-state index contributed by atoms with van der Waals surface area (Å²) in [4.78, 5) is 4.21. The summed E-state index contributed by atoms with van der Waals surface area (Å²) in [6.07, 6.45) is 2.10. The van der Waals surface area contributed by atoms with Gasteiger partial charge in [-0.25, -0.2) is 4.99 Å². The first kappa shape index (κ1) is 7.85. The maximum absolute atomic E-state index is 5.80. The third kappa shape index (κ3) is 0.953. The predicted molar refractivity (Wildman–Crippen MR) is 51.9 cm³/mol. The molecule has 0 saturated heterocycles. The lowest BCUT2D eigenvalue weighted by molar-refractivity contribution is 0.180. The number of benzene rings is 1. The van der Waals surface area contributed by atoms with Gasteiger partial charge in [0.25, 0.3) is 0 Å². The van der Waals surface area contributed by atoms with Crippen LogP contribution in [0.15, 0.2) is 17.1 Å². The summed E-state index contributed by atoms with van der Waals surface area (Å²) in [6, 6.07) is 4.00. The second-order valence-corrected chi connectivity index (χ2v) is 4.11. The molecule has 3 heteroatoms. The molecule has 0 N–H and O–H groups in total. The van der Waals surface area contributed by atoms with Crippen LogP contribution >= 0.6 is 0 Å². The predicted octanol–water partition coefficient (Wildman–Crippen LogP) is 0.608. The maximum Gasteiger partial charge on any atom is 0.189 e. The van der Waals surface area contributed by atoms with Crippen molar-refractivity contribution < 1.29 is 9.47 Å². The molecule has 2 aliphatic heterocycles. The SMILES string of the molecule is CC1(C)C=c2ccc3c(c2O1)OCN=3. The zero-order chi connectivity index (χ0) is 9.76. The Balaban J connectivity index is 2.31. The van der Waals surface area contributed by atoms with Crippen LogP contribution in [0.2, 0.25) is 0 Å². The van der Waals surface area contributed by atoms with Gasteiger partial charge in [0.1, 0.15) is 11.0 Å². The van der Waals surface area contributed by atoms with Crippen LogP contribution in [0.3, 0.4) is 0 Å². The molecule has 3 nitrogen and oxygen atoms in total. The fraction of sp³-hybridized carbons (Fsp3) is 0.364. The van der Waals surface area contributed by atoms with Gasteiger partial charge in [-0.3, -0.25) is 0 Å². The molecule has 0 amide bonds. The number of ether oxygens (including phenoxy) is 2. The lowest BCUT2D eigenvalue weighted by Gasteiger charge is -2.17. The van der Waals surface area contributed by atoms with E-state index < -0.39 is 0 Å². The van der Waals surface area contributed by atoms with Crippen molar-refractivity contribution in [3.8, 4) is 11.5 Å². The highest BCUT2D eigenvalue weighted by molar-refractivity contribution is 5.53. The molecule has 1 aromatic rings. The van der Waals surface area contributed by atoms with Gasteiger partial charge in [0, 0.05) is 5.22 Å². The third-order valence-electron chi connectivity index (χ3n) is 2.43. The van der Waals surface area contributed by atoms with Crippen molar-refractivity contribution in [3.63, 3.8) is 0 Å². The van der Waals surface area contributed by atoms with Crippen molar-refractivity contribution in [3.05, 3.63) is 22.7 Å². The molecule has 2 heterocycles. The Morgan fingerprint density at radius 2 is 2.14 bits per heavy atom. The van der Waals surface area contributed by atoms with Crippen LogP contribution in [-0.4, -0.2) is 12.3 Å². The van der Waals surface area contributed by atoms with E-state index >= 15 is 0 Å². The molecule has 0 atom stereocenters. The van der Waals surface area contributed by atoms with Crippen molar-refractivity contribution >= 4 is 6.08 Å². The molecule has 0 saturated carbocycles. The van der Waals surface area contributed by atoms with E-state index in [0.717, 1.165) is 22.1 Å². The summed E-state index contributed by atoms with van der Waals surface area (Å²) in [5.74, 6) is 1.64. The van der Waals surface area contributed by atoms with Gasteiger partial charge in [-0.05, 0) is 32.1 Å². The Morgan fingerprint density at radius 1 is 1.29 bits per heavy atom. The molecule has 3 rings (SSSR count). The van der Waals surface area contributed by atoms with Crippen LogP contribution in [0, 0.1) is 0 Å². The van der Waals surface area contributed by atoms with Crippen molar-refractivity contribution in [2.75, 3.05) is 6.73 Å². The van der Waals surface area contributed by atoms with E-state index in [-0.39, 0.29) is 5.60 Å². The monoisotopic (exact) mass is 189 g/mol. The summed E-state index contributed by atoms with van der Waals surface area (Å²) in [7, 11) is 0. The molecular formula is C11H11NO2.